The third kappa shape index (κ3) is 2.66. The summed E-state index contributed by atoms with van der Waals surface area (Å²) in [6.07, 6.45) is 1.82. The molecule has 0 spiro atoms. The molecule has 0 radical (unpaired) electrons. The van der Waals surface area contributed by atoms with E-state index >= 15 is 0 Å². The molecule has 1 atom stereocenters. The molecule has 1 amide bonds. The van der Waals surface area contributed by atoms with Crippen LogP contribution in [0.5, 0.6) is 0 Å². The van der Waals surface area contributed by atoms with Gasteiger partial charge >= 0.3 is 0 Å². The minimum Gasteiger partial charge on any atom is -0.397 e. The molecule has 1 aliphatic rings. The number of nitrogens with zero attached hydrogens (tertiary/aromatic N) is 2. The molecule has 2 rings (SSSR count). The van der Waals surface area contributed by atoms with E-state index in [2.05, 4.69) is 0 Å². The van der Waals surface area contributed by atoms with Gasteiger partial charge in [-0.3, -0.25) is 4.79 Å². The van der Waals surface area contributed by atoms with Crippen molar-refractivity contribution in [3.05, 3.63) is 23.8 Å². The number of rotatable bonds is 3. The number of carbonyl (C=O) groups is 1. The molecular weight excluding hydrogens is 242 g/mol. The number of carbonyl (C=O) groups excluding carboxylic acids is 1. The van der Waals surface area contributed by atoms with Crippen LogP contribution in [0.25, 0.3) is 0 Å². The Hall–Kier alpha value is -1.75. The summed E-state index contributed by atoms with van der Waals surface area (Å²) in [5, 5.41) is 9.28. The first-order chi connectivity index (χ1) is 9.04. The quantitative estimate of drug-likeness (QED) is 0.796. The number of aliphatic hydroxyl groups is 1. The van der Waals surface area contributed by atoms with E-state index in [0.29, 0.717) is 17.8 Å². The van der Waals surface area contributed by atoms with Crippen LogP contribution in [0.2, 0.25) is 0 Å². The number of amides is 1. The van der Waals surface area contributed by atoms with Crippen LogP contribution in [0, 0.1) is 0 Å². The van der Waals surface area contributed by atoms with Crippen molar-refractivity contribution in [1.29, 1.82) is 0 Å². The lowest BCUT2D eigenvalue weighted by Crippen LogP contribution is -2.37. The summed E-state index contributed by atoms with van der Waals surface area (Å²) in [7, 11) is 3.82. The van der Waals surface area contributed by atoms with Crippen molar-refractivity contribution in [1.82, 2.24) is 4.90 Å². The van der Waals surface area contributed by atoms with Crippen molar-refractivity contribution < 1.29 is 9.90 Å². The van der Waals surface area contributed by atoms with Crippen molar-refractivity contribution >= 4 is 17.3 Å². The normalized spacial score (nSPS) is 18.7. The molecule has 19 heavy (non-hydrogen) atoms. The smallest absolute Gasteiger partial charge is 0.254 e. The van der Waals surface area contributed by atoms with Crippen molar-refractivity contribution in [3.8, 4) is 0 Å². The van der Waals surface area contributed by atoms with Crippen molar-refractivity contribution in [2.24, 2.45) is 0 Å². The van der Waals surface area contributed by atoms with Gasteiger partial charge in [0.1, 0.15) is 0 Å². The van der Waals surface area contributed by atoms with Crippen molar-refractivity contribution in [3.63, 3.8) is 0 Å². The largest absolute Gasteiger partial charge is 0.397 e. The van der Waals surface area contributed by atoms with Crippen LogP contribution in [-0.4, -0.2) is 49.2 Å². The highest BCUT2D eigenvalue weighted by molar-refractivity contribution is 5.96. The molecule has 0 bridgehead atoms. The second kappa shape index (κ2) is 5.48. The molecule has 1 fully saturated rings. The first-order valence-electron chi connectivity index (χ1n) is 6.53. The maximum atomic E-state index is 12.4. The van der Waals surface area contributed by atoms with Gasteiger partial charge in [0.15, 0.2) is 0 Å². The van der Waals surface area contributed by atoms with Crippen LogP contribution in [0.15, 0.2) is 18.2 Å². The number of nitrogens with two attached hydrogens (primary N) is 1. The number of nitrogen functional groups attached to an aromatic ring is 1. The Labute approximate surface area is 113 Å². The van der Waals surface area contributed by atoms with E-state index in [0.717, 1.165) is 18.5 Å². The molecule has 1 saturated heterocycles. The minimum atomic E-state index is -0.0535. The van der Waals surface area contributed by atoms with Gasteiger partial charge in [-0.05, 0) is 31.0 Å². The molecular formula is C14H21N3O2. The molecule has 1 unspecified atom stereocenters. The fourth-order valence-corrected chi connectivity index (χ4v) is 2.55. The van der Waals surface area contributed by atoms with E-state index in [-0.39, 0.29) is 18.6 Å². The first-order valence-corrected chi connectivity index (χ1v) is 6.53. The second-order valence-electron chi connectivity index (χ2n) is 5.15. The number of hydrogen-bond acceptors (Lipinski definition) is 4. The van der Waals surface area contributed by atoms with Crippen LogP contribution < -0.4 is 10.6 Å². The molecule has 1 aliphatic heterocycles. The maximum Gasteiger partial charge on any atom is 0.254 e. The predicted molar refractivity (Wildman–Crippen MR) is 76.3 cm³/mol. The first kappa shape index (κ1) is 13.7. The summed E-state index contributed by atoms with van der Waals surface area (Å²) in [5.41, 5.74) is 8.04. The highest BCUT2D eigenvalue weighted by Gasteiger charge is 2.28. The molecule has 1 aromatic rings. The van der Waals surface area contributed by atoms with Gasteiger partial charge in [0.2, 0.25) is 0 Å². The fourth-order valence-electron chi connectivity index (χ4n) is 2.55. The Bertz CT molecular complexity index is 474. The summed E-state index contributed by atoms with van der Waals surface area (Å²) in [6.45, 7) is 0.733. The standard InChI is InChI=1S/C14H21N3O2/c1-16(2)13-6-5-10(8-12(13)15)14(19)17-7-3-4-11(17)9-18/h5-6,8,11,18H,3-4,7,9,15H2,1-2H3. The van der Waals surface area contributed by atoms with E-state index in [1.807, 2.05) is 25.1 Å². The Morgan fingerprint density at radius 3 is 2.84 bits per heavy atom. The lowest BCUT2D eigenvalue weighted by atomic mass is 10.1. The van der Waals surface area contributed by atoms with Gasteiger partial charge in [-0.15, -0.1) is 0 Å². The SMILES string of the molecule is CN(C)c1ccc(C(=O)N2CCCC2CO)cc1N. The molecule has 5 nitrogen and oxygen atoms in total. The van der Waals surface area contributed by atoms with Gasteiger partial charge in [-0.2, -0.15) is 0 Å². The van der Waals surface area contributed by atoms with Gasteiger partial charge in [0, 0.05) is 26.2 Å². The van der Waals surface area contributed by atoms with Gasteiger partial charge in [0.25, 0.3) is 5.91 Å². The third-order valence-corrected chi connectivity index (χ3v) is 3.61. The second-order valence-corrected chi connectivity index (χ2v) is 5.15. The average Bonchev–Trinajstić information content (AvgIpc) is 2.85. The number of anilines is 2. The zero-order chi connectivity index (χ0) is 14.0. The monoisotopic (exact) mass is 263 g/mol. The zero-order valence-corrected chi connectivity index (χ0v) is 11.5. The van der Waals surface area contributed by atoms with E-state index in [1.165, 1.54) is 0 Å². The van der Waals surface area contributed by atoms with Gasteiger partial charge < -0.3 is 20.6 Å². The van der Waals surface area contributed by atoms with Gasteiger partial charge in [-0.1, -0.05) is 0 Å². The van der Waals surface area contributed by atoms with Gasteiger partial charge in [-0.25, -0.2) is 0 Å². The Morgan fingerprint density at radius 1 is 1.53 bits per heavy atom. The number of hydrogen-bond donors (Lipinski definition) is 2. The lowest BCUT2D eigenvalue weighted by Gasteiger charge is -2.24. The zero-order valence-electron chi connectivity index (χ0n) is 11.5. The van der Waals surface area contributed by atoms with Crippen LogP contribution >= 0.6 is 0 Å². The van der Waals surface area contributed by atoms with Crippen molar-refractivity contribution in [2.75, 3.05) is 37.9 Å². The number of aliphatic hydroxyl groups excluding tert-OH is 1. The van der Waals surface area contributed by atoms with Crippen LogP contribution in [0.4, 0.5) is 11.4 Å². The summed E-state index contributed by atoms with van der Waals surface area (Å²) in [4.78, 5) is 16.0. The minimum absolute atomic E-state index is 0.0248. The van der Waals surface area contributed by atoms with Crippen LogP contribution in [0.3, 0.4) is 0 Å². The molecule has 1 heterocycles. The van der Waals surface area contributed by atoms with Gasteiger partial charge in [0.05, 0.1) is 24.0 Å². The summed E-state index contributed by atoms with van der Waals surface area (Å²) in [5.74, 6) is -0.0476. The molecule has 3 N–H and O–H groups in total. The Balaban J connectivity index is 2.22. The average molecular weight is 263 g/mol. The Morgan fingerprint density at radius 2 is 2.26 bits per heavy atom. The van der Waals surface area contributed by atoms with E-state index in [1.54, 1.807) is 17.0 Å². The van der Waals surface area contributed by atoms with E-state index in [4.69, 9.17) is 5.73 Å². The highest BCUT2D eigenvalue weighted by Crippen LogP contribution is 2.25. The van der Waals surface area contributed by atoms with Crippen molar-refractivity contribution in [2.45, 2.75) is 18.9 Å². The van der Waals surface area contributed by atoms with Crippen LogP contribution in [-0.2, 0) is 0 Å². The van der Waals surface area contributed by atoms with E-state index < -0.39 is 0 Å². The summed E-state index contributed by atoms with van der Waals surface area (Å²) < 4.78 is 0. The molecule has 104 valence electrons. The van der Waals surface area contributed by atoms with E-state index in [9.17, 15) is 9.90 Å². The number of likely N-dealkylation sites (tertiary alicyclic amines) is 1. The molecule has 0 saturated carbocycles. The fraction of sp³-hybridized carbons (Fsp3) is 0.500. The lowest BCUT2D eigenvalue weighted by molar-refractivity contribution is 0.0677. The van der Waals surface area contributed by atoms with Crippen LogP contribution in [0.1, 0.15) is 23.2 Å². The molecule has 0 aliphatic carbocycles. The number of benzene rings is 1. The molecule has 5 heteroatoms. The topological polar surface area (TPSA) is 69.8 Å². The molecule has 0 aromatic heterocycles. The summed E-state index contributed by atoms with van der Waals surface area (Å²) in [6, 6.07) is 5.31. The molecule has 1 aromatic carbocycles. The maximum absolute atomic E-state index is 12.4. The predicted octanol–water partition coefficient (Wildman–Crippen LogP) is 0.932. The Kier molecular flexibility index (Phi) is 3.95. The highest BCUT2D eigenvalue weighted by atomic mass is 16.3. The third-order valence-electron chi connectivity index (χ3n) is 3.61. The summed E-state index contributed by atoms with van der Waals surface area (Å²) >= 11 is 0.